The average molecular weight is 378 g/mol. The lowest BCUT2D eigenvalue weighted by atomic mass is 10.1. The number of fused-ring (bicyclic) bond motifs is 1. The number of nitrogens with zero attached hydrogens (tertiary/aromatic N) is 1. The number of hydrogen-bond acceptors (Lipinski definition) is 6. The summed E-state index contributed by atoms with van der Waals surface area (Å²) in [6.45, 7) is 1.94. The number of anilines is 1. The fraction of sp³-hybridized carbons (Fsp3) is 0.125. The number of hydrogen-bond donors (Lipinski definition) is 2. The third-order valence-electron chi connectivity index (χ3n) is 3.25. The van der Waals surface area contributed by atoms with Crippen LogP contribution in [0.2, 0.25) is 5.02 Å². The quantitative estimate of drug-likeness (QED) is 0.680. The maximum atomic E-state index is 12.4. The van der Waals surface area contributed by atoms with Crippen molar-refractivity contribution >= 4 is 50.8 Å². The Balaban J connectivity index is 1.86. The molecule has 25 heavy (non-hydrogen) atoms. The Morgan fingerprint density at radius 3 is 2.92 bits per heavy atom. The fourth-order valence-corrected chi connectivity index (χ4v) is 3.02. The van der Waals surface area contributed by atoms with Crippen molar-refractivity contribution in [2.45, 2.75) is 6.92 Å². The Hall–Kier alpha value is -2.71. The van der Waals surface area contributed by atoms with Crippen LogP contribution >= 0.6 is 22.9 Å². The van der Waals surface area contributed by atoms with Gasteiger partial charge < -0.3 is 9.72 Å². The van der Waals surface area contributed by atoms with Crippen LogP contribution in [0, 0.1) is 0 Å². The van der Waals surface area contributed by atoms with Crippen LogP contribution in [0.5, 0.6) is 0 Å². The van der Waals surface area contributed by atoms with E-state index in [0.717, 1.165) is 11.3 Å². The van der Waals surface area contributed by atoms with E-state index >= 15 is 0 Å². The molecule has 1 amide bonds. The van der Waals surface area contributed by atoms with Gasteiger partial charge in [0.15, 0.2) is 5.13 Å². The molecular formula is C16H12ClN3O4S. The highest BCUT2D eigenvalue weighted by atomic mass is 35.5. The Kier molecular flexibility index (Phi) is 4.82. The van der Waals surface area contributed by atoms with Crippen molar-refractivity contribution in [1.82, 2.24) is 9.97 Å². The zero-order valence-corrected chi connectivity index (χ0v) is 14.5. The standard InChI is InChI=1S/C16H12ClN3O4S/c1-2-24-15(23)12-7-18-16(25-12)20-14(22)10-6-8-5-9(17)3-4-11(8)19-13(10)21/h3-7H,2H2,1H3,(H,19,21)(H,18,20,22). The molecule has 3 aromatic rings. The lowest BCUT2D eigenvalue weighted by molar-refractivity contribution is 0.0531. The first-order valence-electron chi connectivity index (χ1n) is 7.25. The molecule has 0 unspecified atom stereocenters. The molecule has 0 aliphatic rings. The number of thiazole rings is 1. The van der Waals surface area contributed by atoms with Crippen molar-refractivity contribution in [3.8, 4) is 0 Å². The smallest absolute Gasteiger partial charge is 0.350 e. The van der Waals surface area contributed by atoms with E-state index in [-0.39, 0.29) is 22.2 Å². The van der Waals surface area contributed by atoms with E-state index in [1.807, 2.05) is 0 Å². The minimum absolute atomic E-state index is 0.0809. The number of H-pyrrole nitrogens is 1. The summed E-state index contributed by atoms with van der Waals surface area (Å²) in [6, 6.07) is 6.40. The zero-order chi connectivity index (χ0) is 18.0. The Labute approximate surface area is 150 Å². The predicted octanol–water partition coefficient (Wildman–Crippen LogP) is 3.07. The van der Waals surface area contributed by atoms with Crippen LogP contribution in [-0.2, 0) is 4.74 Å². The summed E-state index contributed by atoms with van der Waals surface area (Å²) in [4.78, 5) is 42.9. The molecule has 0 atom stereocenters. The Morgan fingerprint density at radius 1 is 1.36 bits per heavy atom. The number of esters is 1. The molecule has 2 N–H and O–H groups in total. The van der Waals surface area contributed by atoms with Crippen LogP contribution in [0.1, 0.15) is 27.0 Å². The fourth-order valence-electron chi connectivity index (χ4n) is 2.14. The average Bonchev–Trinajstić information content (AvgIpc) is 3.03. The molecular weight excluding hydrogens is 366 g/mol. The van der Waals surface area contributed by atoms with Crippen LogP contribution in [0.25, 0.3) is 10.9 Å². The summed E-state index contributed by atoms with van der Waals surface area (Å²) in [5, 5.41) is 3.82. The number of aromatic amines is 1. The molecule has 7 nitrogen and oxygen atoms in total. The van der Waals surface area contributed by atoms with E-state index in [2.05, 4.69) is 15.3 Å². The summed E-state index contributed by atoms with van der Waals surface area (Å²) in [7, 11) is 0. The van der Waals surface area contributed by atoms with Crippen LogP contribution in [-0.4, -0.2) is 28.5 Å². The summed E-state index contributed by atoms with van der Waals surface area (Å²) < 4.78 is 4.86. The van der Waals surface area contributed by atoms with Gasteiger partial charge >= 0.3 is 5.97 Å². The number of carbonyl (C=O) groups is 2. The first-order valence-corrected chi connectivity index (χ1v) is 8.44. The molecule has 0 saturated carbocycles. The van der Waals surface area contributed by atoms with E-state index in [9.17, 15) is 14.4 Å². The van der Waals surface area contributed by atoms with Crippen LogP contribution in [0.15, 0.2) is 35.3 Å². The number of pyridine rings is 1. The second-order valence-electron chi connectivity index (χ2n) is 4.95. The van der Waals surface area contributed by atoms with Crippen molar-refractivity contribution in [3.63, 3.8) is 0 Å². The highest BCUT2D eigenvalue weighted by Crippen LogP contribution is 2.21. The summed E-state index contributed by atoms with van der Waals surface area (Å²) >= 11 is 6.90. The number of nitrogens with one attached hydrogen (secondary N) is 2. The van der Waals surface area contributed by atoms with E-state index in [1.54, 1.807) is 25.1 Å². The van der Waals surface area contributed by atoms with Gasteiger partial charge in [-0.15, -0.1) is 0 Å². The molecule has 0 saturated heterocycles. The normalized spacial score (nSPS) is 10.6. The van der Waals surface area contributed by atoms with Gasteiger partial charge in [-0.25, -0.2) is 9.78 Å². The minimum atomic E-state index is -0.632. The number of halogens is 1. The second-order valence-corrected chi connectivity index (χ2v) is 6.42. The molecule has 9 heteroatoms. The van der Waals surface area contributed by atoms with Gasteiger partial charge in [-0.2, -0.15) is 0 Å². The third kappa shape index (κ3) is 3.70. The maximum absolute atomic E-state index is 12.4. The molecule has 0 aliphatic carbocycles. The molecule has 0 aliphatic heterocycles. The number of aromatic nitrogens is 2. The Morgan fingerprint density at radius 2 is 2.16 bits per heavy atom. The van der Waals surface area contributed by atoms with E-state index < -0.39 is 17.4 Å². The zero-order valence-electron chi connectivity index (χ0n) is 13.0. The van der Waals surface area contributed by atoms with Crippen LogP contribution in [0.3, 0.4) is 0 Å². The SMILES string of the molecule is CCOC(=O)c1cnc(NC(=O)c2cc3cc(Cl)ccc3[nH]c2=O)s1. The molecule has 1 aromatic carbocycles. The van der Waals surface area contributed by atoms with Gasteiger partial charge in [-0.3, -0.25) is 14.9 Å². The molecule has 0 spiro atoms. The molecule has 2 heterocycles. The van der Waals surface area contributed by atoms with Gasteiger partial charge in [0, 0.05) is 15.9 Å². The van der Waals surface area contributed by atoms with Gasteiger partial charge in [0.05, 0.1) is 12.8 Å². The van der Waals surface area contributed by atoms with E-state index in [4.69, 9.17) is 16.3 Å². The van der Waals surface area contributed by atoms with Crippen molar-refractivity contribution in [2.75, 3.05) is 11.9 Å². The number of carbonyl (C=O) groups excluding carboxylic acids is 2. The van der Waals surface area contributed by atoms with Gasteiger partial charge in [0.1, 0.15) is 10.4 Å². The highest BCUT2D eigenvalue weighted by Gasteiger charge is 2.16. The number of rotatable bonds is 4. The molecule has 0 bridgehead atoms. The first-order chi connectivity index (χ1) is 12.0. The van der Waals surface area contributed by atoms with E-state index in [0.29, 0.717) is 15.9 Å². The number of benzene rings is 1. The predicted molar refractivity (Wildman–Crippen MR) is 95.6 cm³/mol. The molecule has 0 fully saturated rings. The summed E-state index contributed by atoms with van der Waals surface area (Å²) in [5.41, 5.74) is -0.0399. The number of ether oxygens (including phenoxy) is 1. The third-order valence-corrected chi connectivity index (χ3v) is 4.38. The van der Waals surface area contributed by atoms with Gasteiger partial charge in [0.2, 0.25) is 0 Å². The summed E-state index contributed by atoms with van der Waals surface area (Å²) in [5.74, 6) is -1.15. The lowest BCUT2D eigenvalue weighted by Crippen LogP contribution is -2.22. The summed E-state index contributed by atoms with van der Waals surface area (Å²) in [6.07, 6.45) is 1.31. The van der Waals surface area contributed by atoms with Crippen molar-refractivity contribution in [3.05, 3.63) is 56.3 Å². The van der Waals surface area contributed by atoms with Gasteiger partial charge in [-0.05, 0) is 31.2 Å². The van der Waals surface area contributed by atoms with Crippen LogP contribution < -0.4 is 10.9 Å². The second kappa shape index (κ2) is 7.04. The molecule has 0 radical (unpaired) electrons. The lowest BCUT2D eigenvalue weighted by Gasteiger charge is -2.04. The monoisotopic (exact) mass is 377 g/mol. The number of amides is 1. The van der Waals surface area contributed by atoms with Crippen LogP contribution in [0.4, 0.5) is 5.13 Å². The largest absolute Gasteiger partial charge is 0.462 e. The first kappa shape index (κ1) is 17.1. The molecule has 3 rings (SSSR count). The van der Waals surface area contributed by atoms with Crippen molar-refractivity contribution in [2.24, 2.45) is 0 Å². The van der Waals surface area contributed by atoms with Gasteiger partial charge in [0.25, 0.3) is 11.5 Å². The van der Waals surface area contributed by atoms with E-state index in [1.165, 1.54) is 12.3 Å². The topological polar surface area (TPSA) is 101 Å². The van der Waals surface area contributed by atoms with Crippen molar-refractivity contribution in [1.29, 1.82) is 0 Å². The minimum Gasteiger partial charge on any atom is -0.462 e. The van der Waals surface area contributed by atoms with Crippen molar-refractivity contribution < 1.29 is 14.3 Å². The highest BCUT2D eigenvalue weighted by molar-refractivity contribution is 7.17. The van der Waals surface area contributed by atoms with Gasteiger partial charge in [-0.1, -0.05) is 22.9 Å². The maximum Gasteiger partial charge on any atom is 0.350 e. The molecule has 2 aromatic heterocycles. The molecule has 128 valence electrons. The Bertz CT molecular complexity index is 1030.